The Balaban J connectivity index is 1.13. The van der Waals surface area contributed by atoms with Gasteiger partial charge in [0, 0.05) is 36.5 Å². The van der Waals surface area contributed by atoms with Crippen LogP contribution < -0.4 is 9.64 Å². The van der Waals surface area contributed by atoms with Crippen molar-refractivity contribution in [2.75, 3.05) is 38.3 Å². The van der Waals surface area contributed by atoms with Crippen LogP contribution in [0.1, 0.15) is 88.3 Å². The Morgan fingerprint density at radius 3 is 2.35 bits per heavy atom. The molecule has 2 aliphatic carbocycles. The van der Waals surface area contributed by atoms with Gasteiger partial charge in [0.25, 0.3) is 0 Å². The second kappa shape index (κ2) is 15.1. The Morgan fingerprint density at radius 2 is 1.71 bits per heavy atom. The highest BCUT2D eigenvalue weighted by molar-refractivity contribution is 5.94. The van der Waals surface area contributed by atoms with Gasteiger partial charge in [0.05, 0.1) is 39.1 Å². The number of rotatable bonds is 10. The van der Waals surface area contributed by atoms with Crippen molar-refractivity contribution in [2.45, 2.75) is 90.2 Å². The molecule has 1 aliphatic heterocycles. The summed E-state index contributed by atoms with van der Waals surface area (Å²) >= 11 is 0. The molecule has 0 bridgehead atoms. The van der Waals surface area contributed by atoms with Gasteiger partial charge >= 0.3 is 6.09 Å². The largest absolute Gasteiger partial charge is 0.496 e. The third kappa shape index (κ3) is 7.86. The first-order valence-electron chi connectivity index (χ1n) is 17.7. The van der Waals surface area contributed by atoms with E-state index in [0.29, 0.717) is 43.9 Å². The lowest BCUT2D eigenvalue weighted by atomic mass is 9.78. The van der Waals surface area contributed by atoms with Crippen LogP contribution in [0.15, 0.2) is 48.9 Å². The fourth-order valence-corrected chi connectivity index (χ4v) is 7.58. The molecule has 3 heterocycles. The van der Waals surface area contributed by atoms with Crippen molar-refractivity contribution < 1.29 is 24.2 Å². The summed E-state index contributed by atoms with van der Waals surface area (Å²) in [6.07, 6.45) is 12.5. The van der Waals surface area contributed by atoms with Gasteiger partial charge in [-0.15, -0.1) is 0 Å². The fraction of sp³-hybridized carbons (Fsp3) is 0.579. The lowest BCUT2D eigenvalue weighted by molar-refractivity contribution is -0.124. The van der Waals surface area contributed by atoms with Gasteiger partial charge in [-0.25, -0.2) is 9.78 Å². The third-order valence-electron chi connectivity index (χ3n) is 10.7. The molecule has 2 aromatic heterocycles. The average Bonchev–Trinajstić information content (AvgIpc) is 3.60. The van der Waals surface area contributed by atoms with Gasteiger partial charge < -0.3 is 19.5 Å². The van der Waals surface area contributed by atoms with E-state index in [0.717, 1.165) is 68.2 Å². The van der Waals surface area contributed by atoms with E-state index in [1.54, 1.807) is 7.11 Å². The van der Waals surface area contributed by atoms with Crippen LogP contribution in [0, 0.1) is 24.7 Å². The Labute approximate surface area is 284 Å². The highest BCUT2D eigenvalue weighted by Crippen LogP contribution is 2.39. The lowest BCUT2D eigenvalue weighted by Gasteiger charge is -2.36. The molecule has 48 heavy (non-hydrogen) atoms. The monoisotopic (exact) mass is 657 g/mol. The van der Waals surface area contributed by atoms with Crippen LogP contribution in [-0.2, 0) is 9.53 Å². The van der Waals surface area contributed by atoms with Crippen molar-refractivity contribution in [3.63, 3.8) is 0 Å². The standard InChI is InChI=1S/C38H51N5O5/c1-25(2)43-21-33(19-40-43)32-15-16-39-36(18-32)42(20-27-5-9-29(10-6-27)31-13-14-35(47-4)26(3)17-31)37(45)30-11-7-28(8-12-30)24-48-38(46)41-22-34(44)23-41/h13-19,21,25,27-30,34,44H,5-12,20,22-24H2,1-4H3. The van der Waals surface area contributed by atoms with E-state index in [1.807, 2.05) is 34.1 Å². The smallest absolute Gasteiger partial charge is 0.409 e. The maximum Gasteiger partial charge on any atom is 0.409 e. The molecule has 1 N–H and O–H groups in total. The molecule has 0 spiro atoms. The van der Waals surface area contributed by atoms with Crippen molar-refractivity contribution >= 4 is 17.8 Å². The molecule has 0 radical (unpaired) electrons. The number of ether oxygens (including phenoxy) is 2. The minimum atomic E-state index is -0.442. The minimum absolute atomic E-state index is 0.0877. The molecule has 0 unspecified atom stereocenters. The second-order valence-corrected chi connectivity index (χ2v) is 14.5. The molecule has 2 saturated carbocycles. The quantitative estimate of drug-likeness (QED) is 0.256. The number of hydrogen-bond donors (Lipinski definition) is 1. The summed E-state index contributed by atoms with van der Waals surface area (Å²) in [7, 11) is 1.72. The van der Waals surface area contributed by atoms with Crippen molar-refractivity contribution in [3.05, 3.63) is 60.0 Å². The molecular formula is C38H51N5O5. The van der Waals surface area contributed by atoms with Crippen molar-refractivity contribution in [3.8, 4) is 16.9 Å². The number of benzene rings is 1. The SMILES string of the molecule is COc1ccc(C2CCC(CN(C(=O)C3CCC(COC(=O)N4CC(O)C4)CC3)c3cc(-c4cnn(C(C)C)c4)ccn3)CC2)cc1C. The number of carbonyl (C=O) groups excluding carboxylic acids is 2. The van der Waals surface area contributed by atoms with Crippen molar-refractivity contribution in [1.82, 2.24) is 19.7 Å². The second-order valence-electron chi connectivity index (χ2n) is 14.5. The molecule has 0 atom stereocenters. The molecule has 3 aromatic rings. The zero-order valence-corrected chi connectivity index (χ0v) is 28.9. The number of nitrogens with zero attached hydrogens (tertiary/aromatic N) is 5. The zero-order valence-electron chi connectivity index (χ0n) is 28.9. The van der Waals surface area contributed by atoms with Gasteiger partial charge in [0.2, 0.25) is 5.91 Å². The summed E-state index contributed by atoms with van der Waals surface area (Å²) in [5.41, 5.74) is 4.56. The van der Waals surface area contributed by atoms with Crippen LogP contribution in [0.3, 0.4) is 0 Å². The maximum atomic E-state index is 14.4. The van der Waals surface area contributed by atoms with E-state index in [-0.39, 0.29) is 29.9 Å². The fourth-order valence-electron chi connectivity index (χ4n) is 7.58. The number of aryl methyl sites for hydroxylation is 1. The number of likely N-dealkylation sites (tertiary alicyclic amines) is 1. The van der Waals surface area contributed by atoms with Gasteiger partial charge in [-0.2, -0.15) is 5.10 Å². The third-order valence-corrected chi connectivity index (χ3v) is 10.7. The molecular weight excluding hydrogens is 606 g/mol. The van der Waals surface area contributed by atoms with Gasteiger partial charge in [0.15, 0.2) is 0 Å². The molecule has 2 amide bonds. The Hall–Kier alpha value is -3.92. The normalized spacial score (nSPS) is 23.1. The summed E-state index contributed by atoms with van der Waals surface area (Å²) in [6, 6.07) is 10.8. The highest BCUT2D eigenvalue weighted by atomic mass is 16.6. The predicted molar refractivity (Wildman–Crippen MR) is 185 cm³/mol. The van der Waals surface area contributed by atoms with E-state index in [1.165, 1.54) is 16.0 Å². The number of carbonyl (C=O) groups is 2. The number of anilines is 1. The van der Waals surface area contributed by atoms with Crippen LogP contribution in [0.25, 0.3) is 11.1 Å². The number of β-amino-alcohol motifs (C(OH)–C–C–N with tert-alkyl or cyclic N) is 1. The molecule has 258 valence electrons. The summed E-state index contributed by atoms with van der Waals surface area (Å²) in [5, 5.41) is 14.0. The maximum absolute atomic E-state index is 14.4. The molecule has 10 nitrogen and oxygen atoms in total. The van der Waals surface area contributed by atoms with E-state index >= 15 is 0 Å². The van der Waals surface area contributed by atoms with Gasteiger partial charge in [-0.1, -0.05) is 12.1 Å². The zero-order chi connectivity index (χ0) is 33.8. The summed E-state index contributed by atoms with van der Waals surface area (Å²) in [5.74, 6) is 2.85. The number of methoxy groups -OCH3 is 1. The molecule has 10 heteroatoms. The molecule has 6 rings (SSSR count). The summed E-state index contributed by atoms with van der Waals surface area (Å²) in [4.78, 5) is 34.9. The number of hydrogen-bond acceptors (Lipinski definition) is 7. The number of aromatic nitrogens is 3. The van der Waals surface area contributed by atoms with Gasteiger partial charge in [-0.05, 0) is 125 Å². The van der Waals surface area contributed by atoms with E-state index in [2.05, 4.69) is 50.3 Å². The van der Waals surface area contributed by atoms with E-state index < -0.39 is 6.10 Å². The first-order chi connectivity index (χ1) is 23.2. The topological polar surface area (TPSA) is 110 Å². The van der Waals surface area contributed by atoms with E-state index in [9.17, 15) is 14.7 Å². The van der Waals surface area contributed by atoms with Gasteiger partial charge in [0.1, 0.15) is 11.6 Å². The first kappa shape index (κ1) is 34.0. The average molecular weight is 658 g/mol. The number of aliphatic hydroxyl groups is 1. The Kier molecular flexibility index (Phi) is 10.7. The van der Waals surface area contributed by atoms with E-state index in [4.69, 9.17) is 14.5 Å². The number of pyridine rings is 1. The molecule has 3 fully saturated rings. The van der Waals surface area contributed by atoms with Crippen LogP contribution in [-0.4, -0.2) is 76.2 Å². The summed E-state index contributed by atoms with van der Waals surface area (Å²) < 4.78 is 13.0. The molecule has 1 saturated heterocycles. The predicted octanol–water partition coefficient (Wildman–Crippen LogP) is 6.77. The van der Waals surface area contributed by atoms with Crippen LogP contribution in [0.4, 0.5) is 10.6 Å². The Bertz CT molecular complexity index is 1550. The van der Waals surface area contributed by atoms with Crippen LogP contribution in [0.5, 0.6) is 5.75 Å². The van der Waals surface area contributed by atoms with Gasteiger partial charge in [-0.3, -0.25) is 14.4 Å². The molecule has 1 aromatic carbocycles. The lowest BCUT2D eigenvalue weighted by Crippen LogP contribution is -2.53. The molecule has 3 aliphatic rings. The summed E-state index contributed by atoms with van der Waals surface area (Å²) in [6.45, 7) is 8.02. The van der Waals surface area contributed by atoms with Crippen LogP contribution in [0.2, 0.25) is 0 Å². The van der Waals surface area contributed by atoms with Crippen molar-refractivity contribution in [2.24, 2.45) is 17.8 Å². The Morgan fingerprint density at radius 1 is 0.979 bits per heavy atom. The highest BCUT2D eigenvalue weighted by Gasteiger charge is 2.35. The number of aliphatic hydroxyl groups excluding tert-OH is 1. The van der Waals surface area contributed by atoms with Crippen LogP contribution >= 0.6 is 0 Å². The van der Waals surface area contributed by atoms with Crippen molar-refractivity contribution in [1.29, 1.82) is 0 Å². The number of amides is 2. The first-order valence-corrected chi connectivity index (χ1v) is 17.7. The minimum Gasteiger partial charge on any atom is -0.496 e.